The first-order valence-electron chi connectivity index (χ1n) is 8.53. The van der Waals surface area contributed by atoms with E-state index in [0.717, 1.165) is 18.9 Å². The van der Waals surface area contributed by atoms with Crippen LogP contribution < -0.4 is 16.0 Å². The summed E-state index contributed by atoms with van der Waals surface area (Å²) >= 11 is 0. The smallest absolute Gasteiger partial charge is 0.314 e. The van der Waals surface area contributed by atoms with Gasteiger partial charge in [0.15, 0.2) is 15.8 Å². The van der Waals surface area contributed by atoms with E-state index in [1.807, 2.05) is 13.8 Å². The van der Waals surface area contributed by atoms with E-state index in [9.17, 15) is 13.2 Å². The highest BCUT2D eigenvalue weighted by molar-refractivity contribution is 14.0. The summed E-state index contributed by atoms with van der Waals surface area (Å²) in [5.41, 5.74) is 0. The number of amides is 2. The summed E-state index contributed by atoms with van der Waals surface area (Å²) in [6.45, 7) is 6.14. The van der Waals surface area contributed by atoms with Gasteiger partial charge in [0.25, 0.3) is 0 Å². The van der Waals surface area contributed by atoms with Gasteiger partial charge in [-0.3, -0.25) is 4.99 Å². The molecule has 3 N–H and O–H groups in total. The maximum Gasteiger partial charge on any atom is 0.314 e. The number of urea groups is 1. The van der Waals surface area contributed by atoms with Crippen molar-refractivity contribution in [2.24, 2.45) is 10.9 Å². The van der Waals surface area contributed by atoms with Gasteiger partial charge in [-0.1, -0.05) is 0 Å². The highest BCUT2D eigenvalue weighted by Crippen LogP contribution is 2.19. The van der Waals surface area contributed by atoms with Crippen molar-refractivity contribution in [1.29, 1.82) is 0 Å². The van der Waals surface area contributed by atoms with E-state index in [1.165, 1.54) is 0 Å². The fourth-order valence-corrected chi connectivity index (χ4v) is 4.90. The quantitative estimate of drug-likeness (QED) is 0.303. The molecule has 0 saturated carbocycles. The number of carbonyl (C=O) groups is 1. The third kappa shape index (κ3) is 7.16. The topological polar surface area (TPSA) is 103 Å². The van der Waals surface area contributed by atoms with Crippen LogP contribution in [0.3, 0.4) is 0 Å². The average molecular weight is 487 g/mol. The molecule has 2 rings (SSSR count). The Hall–Kier alpha value is -0.780. The third-order valence-corrected chi connectivity index (χ3v) is 6.13. The van der Waals surface area contributed by atoms with E-state index in [1.54, 1.807) is 7.05 Å². The molecule has 2 heterocycles. The summed E-state index contributed by atoms with van der Waals surface area (Å²) in [6, 6.07) is 0.159. The number of carbonyl (C=O) groups excluding carboxylic acids is 1. The molecular formula is C15H30IN5O3S. The summed E-state index contributed by atoms with van der Waals surface area (Å²) < 4.78 is 23.1. The number of nitrogens with one attached hydrogen (secondary N) is 3. The molecule has 0 aromatic carbocycles. The molecule has 2 fully saturated rings. The number of hydrogen-bond acceptors (Lipinski definition) is 4. The minimum absolute atomic E-state index is 0. The lowest BCUT2D eigenvalue weighted by molar-refractivity contribution is 0.239. The van der Waals surface area contributed by atoms with Crippen molar-refractivity contribution < 1.29 is 13.2 Å². The van der Waals surface area contributed by atoms with Crippen LogP contribution in [-0.2, 0) is 9.84 Å². The fourth-order valence-electron chi connectivity index (χ4n) is 3.05. The molecule has 2 aliphatic heterocycles. The molecule has 0 spiro atoms. The lowest BCUT2D eigenvalue weighted by Gasteiger charge is -2.24. The van der Waals surface area contributed by atoms with Gasteiger partial charge in [0.05, 0.1) is 11.5 Å². The van der Waals surface area contributed by atoms with E-state index < -0.39 is 9.84 Å². The molecule has 10 heteroatoms. The van der Waals surface area contributed by atoms with Gasteiger partial charge in [-0.15, -0.1) is 24.0 Å². The Morgan fingerprint density at radius 1 is 1.32 bits per heavy atom. The van der Waals surface area contributed by atoms with Crippen molar-refractivity contribution in [3.63, 3.8) is 0 Å². The number of halogens is 1. The Balaban J connectivity index is 0.00000312. The minimum atomic E-state index is -2.87. The maximum absolute atomic E-state index is 11.6. The van der Waals surface area contributed by atoms with Crippen LogP contribution in [0.15, 0.2) is 4.99 Å². The minimum Gasteiger partial charge on any atom is -0.354 e. The molecule has 2 amide bonds. The third-order valence-electron chi connectivity index (χ3n) is 4.29. The molecule has 2 saturated heterocycles. The number of sulfone groups is 1. The van der Waals surface area contributed by atoms with Crippen LogP contribution in [0, 0.1) is 5.92 Å². The predicted molar refractivity (Wildman–Crippen MR) is 110 cm³/mol. The van der Waals surface area contributed by atoms with Crippen molar-refractivity contribution in [2.75, 3.05) is 38.2 Å². The van der Waals surface area contributed by atoms with Crippen molar-refractivity contribution in [2.45, 2.75) is 38.8 Å². The number of hydrogen-bond donors (Lipinski definition) is 3. The molecule has 0 radical (unpaired) electrons. The number of guanidine groups is 1. The largest absolute Gasteiger partial charge is 0.354 e. The fraction of sp³-hybridized carbons (Fsp3) is 0.867. The van der Waals surface area contributed by atoms with Gasteiger partial charge in [-0.25, -0.2) is 13.2 Å². The molecule has 0 aromatic rings. The molecule has 146 valence electrons. The zero-order valence-corrected chi connectivity index (χ0v) is 18.3. The molecule has 25 heavy (non-hydrogen) atoms. The van der Waals surface area contributed by atoms with E-state index in [-0.39, 0.29) is 59.5 Å². The van der Waals surface area contributed by atoms with Gasteiger partial charge < -0.3 is 20.9 Å². The van der Waals surface area contributed by atoms with Crippen molar-refractivity contribution in [3.8, 4) is 0 Å². The van der Waals surface area contributed by atoms with E-state index in [2.05, 4.69) is 25.8 Å². The number of aliphatic imine (C=N–C) groups is 1. The highest BCUT2D eigenvalue weighted by atomic mass is 127. The van der Waals surface area contributed by atoms with Crippen LogP contribution in [0.2, 0.25) is 0 Å². The van der Waals surface area contributed by atoms with Crippen molar-refractivity contribution in [1.82, 2.24) is 20.9 Å². The molecule has 2 unspecified atom stereocenters. The highest BCUT2D eigenvalue weighted by Gasteiger charge is 2.29. The maximum atomic E-state index is 11.6. The van der Waals surface area contributed by atoms with Crippen molar-refractivity contribution >= 4 is 45.8 Å². The first kappa shape index (κ1) is 22.3. The number of rotatable bonds is 4. The predicted octanol–water partition coefficient (Wildman–Crippen LogP) is 0.396. The molecule has 0 aromatic heterocycles. The SMILES string of the molecule is CNC(=O)NC1CCN(C(=NCC2CCS(=O)(=O)C2)NC(C)C)C1.I. The van der Waals surface area contributed by atoms with Gasteiger partial charge in [0.2, 0.25) is 0 Å². The Labute approximate surface area is 167 Å². The lowest BCUT2D eigenvalue weighted by atomic mass is 10.1. The first-order chi connectivity index (χ1) is 11.3. The second-order valence-corrected chi connectivity index (χ2v) is 9.12. The average Bonchev–Trinajstić information content (AvgIpc) is 3.09. The van der Waals surface area contributed by atoms with Gasteiger partial charge in [-0.05, 0) is 32.6 Å². The molecule has 0 bridgehead atoms. The Morgan fingerprint density at radius 3 is 2.60 bits per heavy atom. The van der Waals surface area contributed by atoms with Crippen LogP contribution in [0.1, 0.15) is 26.7 Å². The van der Waals surface area contributed by atoms with Crippen LogP contribution in [0.4, 0.5) is 4.79 Å². The van der Waals surface area contributed by atoms with Crippen LogP contribution >= 0.6 is 24.0 Å². The summed E-state index contributed by atoms with van der Waals surface area (Å²) in [4.78, 5) is 18.2. The van der Waals surface area contributed by atoms with Crippen molar-refractivity contribution in [3.05, 3.63) is 0 Å². The van der Waals surface area contributed by atoms with Crippen LogP contribution in [0.25, 0.3) is 0 Å². The monoisotopic (exact) mass is 487 g/mol. The van der Waals surface area contributed by atoms with Gasteiger partial charge in [0, 0.05) is 38.8 Å². The zero-order chi connectivity index (χ0) is 17.7. The Bertz CT molecular complexity index is 582. The molecule has 2 atom stereocenters. The summed E-state index contributed by atoms with van der Waals surface area (Å²) in [5.74, 6) is 1.44. The number of nitrogens with zero attached hydrogens (tertiary/aromatic N) is 2. The second kappa shape index (κ2) is 9.79. The van der Waals surface area contributed by atoms with Crippen LogP contribution in [0.5, 0.6) is 0 Å². The molecule has 0 aliphatic carbocycles. The normalized spacial score (nSPS) is 25.6. The Kier molecular flexibility index (Phi) is 8.72. The molecule has 8 nitrogen and oxygen atoms in total. The zero-order valence-electron chi connectivity index (χ0n) is 15.1. The van der Waals surface area contributed by atoms with Gasteiger partial charge in [-0.2, -0.15) is 0 Å². The summed E-state index contributed by atoms with van der Waals surface area (Å²) in [6.07, 6.45) is 1.56. The standard InChI is InChI=1S/C15H29N5O3S.HI/c1-11(2)18-14(17-8-12-5-7-24(22,23)10-12)20-6-4-13(9-20)19-15(21)16-3;/h11-13H,4-10H2,1-3H3,(H,17,18)(H2,16,19,21);1H. The molecule has 2 aliphatic rings. The van der Waals surface area contributed by atoms with Gasteiger partial charge in [0.1, 0.15) is 0 Å². The number of likely N-dealkylation sites (tertiary alicyclic amines) is 1. The Morgan fingerprint density at radius 2 is 2.04 bits per heavy atom. The second-order valence-electron chi connectivity index (χ2n) is 6.89. The lowest BCUT2D eigenvalue weighted by Crippen LogP contribution is -2.46. The van der Waals surface area contributed by atoms with E-state index in [0.29, 0.717) is 19.5 Å². The molecular weight excluding hydrogens is 457 g/mol. The summed E-state index contributed by atoms with van der Waals surface area (Å²) in [7, 11) is -1.27. The van der Waals surface area contributed by atoms with E-state index >= 15 is 0 Å². The summed E-state index contributed by atoms with van der Waals surface area (Å²) in [5, 5.41) is 8.84. The van der Waals surface area contributed by atoms with Gasteiger partial charge >= 0.3 is 6.03 Å². The first-order valence-corrected chi connectivity index (χ1v) is 10.4. The van der Waals surface area contributed by atoms with E-state index in [4.69, 9.17) is 0 Å². The van der Waals surface area contributed by atoms with Crippen LogP contribution in [-0.4, -0.2) is 75.6 Å².